The Bertz CT molecular complexity index is 670. The first-order valence-corrected chi connectivity index (χ1v) is 6.89. The second kappa shape index (κ2) is 4.20. The standard InChI is InChI=1S/C13H9BrN2S/c1-8-6-12(14)16-13(15-8)10-7-17-11-5-3-2-4-9(10)11/h2-7H,1H3. The van der Waals surface area contributed by atoms with Crippen LogP contribution in [-0.4, -0.2) is 9.97 Å². The summed E-state index contributed by atoms with van der Waals surface area (Å²) in [5.41, 5.74) is 2.08. The molecule has 0 spiro atoms. The van der Waals surface area contributed by atoms with Crippen molar-refractivity contribution in [2.45, 2.75) is 6.92 Å². The van der Waals surface area contributed by atoms with Gasteiger partial charge in [-0.1, -0.05) is 18.2 Å². The summed E-state index contributed by atoms with van der Waals surface area (Å²) in [5, 5.41) is 3.33. The van der Waals surface area contributed by atoms with Crippen molar-refractivity contribution in [2.75, 3.05) is 0 Å². The van der Waals surface area contributed by atoms with Gasteiger partial charge < -0.3 is 0 Å². The molecule has 0 bridgehead atoms. The monoisotopic (exact) mass is 304 g/mol. The van der Waals surface area contributed by atoms with Crippen LogP contribution in [0.2, 0.25) is 0 Å². The molecule has 0 N–H and O–H groups in total. The third-order valence-corrected chi connectivity index (χ3v) is 3.91. The molecule has 0 saturated heterocycles. The van der Waals surface area contributed by atoms with E-state index in [2.05, 4.69) is 49.5 Å². The van der Waals surface area contributed by atoms with E-state index in [1.807, 2.05) is 19.1 Å². The Kier molecular flexibility index (Phi) is 2.68. The van der Waals surface area contributed by atoms with Crippen LogP contribution in [0.4, 0.5) is 0 Å². The normalized spacial score (nSPS) is 10.9. The summed E-state index contributed by atoms with van der Waals surface area (Å²) in [6.45, 7) is 1.98. The Morgan fingerprint density at radius 2 is 2.00 bits per heavy atom. The Morgan fingerprint density at radius 1 is 1.18 bits per heavy atom. The molecule has 0 aliphatic rings. The molecule has 17 heavy (non-hydrogen) atoms. The van der Waals surface area contributed by atoms with Crippen molar-refractivity contribution in [2.24, 2.45) is 0 Å². The number of rotatable bonds is 1. The minimum absolute atomic E-state index is 0.786. The molecule has 3 rings (SSSR count). The molecule has 3 aromatic rings. The molecule has 0 aliphatic heterocycles. The maximum Gasteiger partial charge on any atom is 0.162 e. The van der Waals surface area contributed by atoms with E-state index in [1.54, 1.807) is 11.3 Å². The van der Waals surface area contributed by atoms with E-state index in [0.29, 0.717) is 0 Å². The smallest absolute Gasteiger partial charge is 0.162 e. The van der Waals surface area contributed by atoms with E-state index in [1.165, 1.54) is 10.1 Å². The molecule has 0 aliphatic carbocycles. The highest BCUT2D eigenvalue weighted by Crippen LogP contribution is 2.32. The zero-order chi connectivity index (χ0) is 11.8. The fraction of sp³-hybridized carbons (Fsp3) is 0.0769. The number of halogens is 1. The molecule has 0 fully saturated rings. The fourth-order valence-corrected chi connectivity index (χ4v) is 3.24. The van der Waals surface area contributed by atoms with Gasteiger partial charge in [0.15, 0.2) is 5.82 Å². The molecule has 0 unspecified atom stereocenters. The lowest BCUT2D eigenvalue weighted by Crippen LogP contribution is -1.91. The van der Waals surface area contributed by atoms with Crippen LogP contribution in [-0.2, 0) is 0 Å². The van der Waals surface area contributed by atoms with Crippen LogP contribution in [0.15, 0.2) is 40.3 Å². The average molecular weight is 305 g/mol. The van der Waals surface area contributed by atoms with Gasteiger partial charge in [0.05, 0.1) is 0 Å². The van der Waals surface area contributed by atoms with Crippen LogP contribution in [0.25, 0.3) is 21.5 Å². The van der Waals surface area contributed by atoms with Gasteiger partial charge in [0, 0.05) is 26.7 Å². The third-order valence-electron chi connectivity index (χ3n) is 2.54. The van der Waals surface area contributed by atoms with Crippen molar-refractivity contribution < 1.29 is 0 Å². The Labute approximate surface area is 111 Å². The summed E-state index contributed by atoms with van der Waals surface area (Å²) in [7, 11) is 0. The first-order valence-electron chi connectivity index (χ1n) is 5.22. The zero-order valence-electron chi connectivity index (χ0n) is 9.14. The quantitative estimate of drug-likeness (QED) is 0.622. The molecule has 0 atom stereocenters. The van der Waals surface area contributed by atoms with Gasteiger partial charge in [0.2, 0.25) is 0 Å². The number of aromatic nitrogens is 2. The molecule has 2 nitrogen and oxygen atoms in total. The highest BCUT2D eigenvalue weighted by atomic mass is 79.9. The van der Waals surface area contributed by atoms with E-state index in [0.717, 1.165) is 21.7 Å². The van der Waals surface area contributed by atoms with Crippen LogP contribution >= 0.6 is 27.3 Å². The summed E-state index contributed by atoms with van der Waals surface area (Å²) in [6.07, 6.45) is 0. The number of benzene rings is 1. The maximum atomic E-state index is 4.49. The minimum Gasteiger partial charge on any atom is -0.233 e. The van der Waals surface area contributed by atoms with Crippen molar-refractivity contribution in [3.05, 3.63) is 46.0 Å². The molecule has 4 heteroatoms. The van der Waals surface area contributed by atoms with Crippen LogP contribution < -0.4 is 0 Å². The Morgan fingerprint density at radius 3 is 2.82 bits per heavy atom. The summed E-state index contributed by atoms with van der Waals surface area (Å²) >= 11 is 5.14. The predicted octanol–water partition coefficient (Wildman–Crippen LogP) is 4.43. The molecule has 1 aromatic carbocycles. The second-order valence-corrected chi connectivity index (χ2v) is 5.52. The molecule has 0 amide bonds. The number of aryl methyl sites for hydroxylation is 1. The van der Waals surface area contributed by atoms with Crippen LogP contribution in [0.1, 0.15) is 5.69 Å². The number of nitrogens with zero attached hydrogens (tertiary/aromatic N) is 2. The topological polar surface area (TPSA) is 25.8 Å². The average Bonchev–Trinajstić information content (AvgIpc) is 2.71. The summed E-state index contributed by atoms with van der Waals surface area (Å²) in [4.78, 5) is 8.93. The van der Waals surface area contributed by atoms with E-state index >= 15 is 0 Å². The largest absolute Gasteiger partial charge is 0.233 e. The van der Waals surface area contributed by atoms with E-state index in [4.69, 9.17) is 0 Å². The summed E-state index contributed by atoms with van der Waals surface area (Å²) in [5.74, 6) is 0.786. The number of fused-ring (bicyclic) bond motifs is 1. The van der Waals surface area contributed by atoms with Crippen molar-refractivity contribution in [1.82, 2.24) is 9.97 Å². The summed E-state index contributed by atoms with van der Waals surface area (Å²) in [6, 6.07) is 10.2. The van der Waals surface area contributed by atoms with Gasteiger partial charge in [-0.3, -0.25) is 0 Å². The minimum atomic E-state index is 0.786. The highest BCUT2D eigenvalue weighted by Gasteiger charge is 2.09. The van der Waals surface area contributed by atoms with Crippen molar-refractivity contribution in [1.29, 1.82) is 0 Å². The van der Waals surface area contributed by atoms with Crippen LogP contribution in [0.3, 0.4) is 0 Å². The van der Waals surface area contributed by atoms with Gasteiger partial charge in [-0.05, 0) is 35.0 Å². The lowest BCUT2D eigenvalue weighted by Gasteiger charge is -2.01. The highest BCUT2D eigenvalue weighted by molar-refractivity contribution is 9.10. The van der Waals surface area contributed by atoms with Gasteiger partial charge in [-0.15, -0.1) is 11.3 Å². The van der Waals surface area contributed by atoms with Gasteiger partial charge in [-0.2, -0.15) is 0 Å². The Hall–Kier alpha value is -1.26. The van der Waals surface area contributed by atoms with Crippen molar-refractivity contribution in [3.63, 3.8) is 0 Å². The van der Waals surface area contributed by atoms with Gasteiger partial charge >= 0.3 is 0 Å². The van der Waals surface area contributed by atoms with Crippen LogP contribution in [0.5, 0.6) is 0 Å². The van der Waals surface area contributed by atoms with Gasteiger partial charge in [0.1, 0.15) is 4.60 Å². The zero-order valence-corrected chi connectivity index (χ0v) is 11.5. The van der Waals surface area contributed by atoms with Crippen LogP contribution in [0, 0.1) is 6.92 Å². The van der Waals surface area contributed by atoms with E-state index in [9.17, 15) is 0 Å². The molecule has 2 heterocycles. The molecular weight excluding hydrogens is 296 g/mol. The lowest BCUT2D eigenvalue weighted by atomic mass is 10.1. The lowest BCUT2D eigenvalue weighted by molar-refractivity contribution is 1.09. The van der Waals surface area contributed by atoms with Gasteiger partial charge in [0.25, 0.3) is 0 Å². The fourth-order valence-electron chi connectivity index (χ4n) is 1.80. The summed E-state index contributed by atoms with van der Waals surface area (Å²) < 4.78 is 2.10. The molecule has 2 aromatic heterocycles. The maximum absolute atomic E-state index is 4.49. The number of thiophene rings is 1. The molecular formula is C13H9BrN2S. The Balaban J connectivity index is 2.27. The van der Waals surface area contributed by atoms with Crippen molar-refractivity contribution >= 4 is 37.4 Å². The second-order valence-electron chi connectivity index (χ2n) is 3.80. The molecule has 84 valence electrons. The van der Waals surface area contributed by atoms with E-state index in [-0.39, 0.29) is 0 Å². The van der Waals surface area contributed by atoms with E-state index < -0.39 is 0 Å². The van der Waals surface area contributed by atoms with Crippen molar-refractivity contribution in [3.8, 4) is 11.4 Å². The first-order chi connectivity index (χ1) is 8.24. The predicted molar refractivity (Wildman–Crippen MR) is 75.3 cm³/mol. The number of hydrogen-bond acceptors (Lipinski definition) is 3. The van der Waals surface area contributed by atoms with Gasteiger partial charge in [-0.25, -0.2) is 9.97 Å². The first kappa shape index (κ1) is 10.9. The molecule has 0 radical (unpaired) electrons. The third kappa shape index (κ3) is 1.98. The number of hydrogen-bond donors (Lipinski definition) is 0. The molecule has 0 saturated carbocycles. The SMILES string of the molecule is Cc1cc(Br)nc(-c2csc3ccccc23)n1.